The Bertz CT molecular complexity index is 1580. The molecule has 2 fully saturated rings. The van der Waals surface area contributed by atoms with E-state index in [9.17, 15) is 9.59 Å². The molecule has 0 radical (unpaired) electrons. The number of amides is 2. The number of nitrogens with zero attached hydrogens (tertiary/aromatic N) is 2. The van der Waals surface area contributed by atoms with Gasteiger partial charge in [-0.3, -0.25) is 14.5 Å². The number of benzene rings is 3. The molecule has 7 rings (SSSR count). The van der Waals surface area contributed by atoms with Crippen molar-refractivity contribution in [3.63, 3.8) is 0 Å². The fourth-order valence-corrected chi connectivity index (χ4v) is 5.99. The fourth-order valence-electron chi connectivity index (χ4n) is 5.99. The average molecular weight is 504 g/mol. The summed E-state index contributed by atoms with van der Waals surface area (Å²) in [7, 11) is 0. The number of nitrogens with one attached hydrogen (secondary N) is 3. The van der Waals surface area contributed by atoms with E-state index in [0.717, 1.165) is 53.8 Å². The third-order valence-corrected chi connectivity index (χ3v) is 7.98. The smallest absolute Gasteiger partial charge is 0.272 e. The second-order valence-corrected chi connectivity index (χ2v) is 10.6. The van der Waals surface area contributed by atoms with Crippen LogP contribution in [0.4, 0.5) is 5.69 Å². The van der Waals surface area contributed by atoms with Gasteiger partial charge in [-0.1, -0.05) is 48.5 Å². The Hall–Kier alpha value is -4.23. The lowest BCUT2D eigenvalue weighted by Gasteiger charge is -2.15. The number of hydrazone groups is 1. The van der Waals surface area contributed by atoms with Crippen LogP contribution >= 0.6 is 0 Å². The van der Waals surface area contributed by atoms with E-state index >= 15 is 0 Å². The van der Waals surface area contributed by atoms with Crippen LogP contribution in [0.15, 0.2) is 71.8 Å². The molecule has 3 aromatic carbocycles. The zero-order valence-electron chi connectivity index (χ0n) is 21.0. The summed E-state index contributed by atoms with van der Waals surface area (Å²) in [6, 6.07) is 22.4. The first-order valence-electron chi connectivity index (χ1n) is 13.3. The summed E-state index contributed by atoms with van der Waals surface area (Å²) in [6.45, 7) is 3.23. The second-order valence-electron chi connectivity index (χ2n) is 10.6. The molecule has 1 aromatic heterocycles. The molecule has 7 nitrogen and oxygen atoms in total. The first-order valence-corrected chi connectivity index (χ1v) is 13.3. The molecule has 0 bridgehead atoms. The number of carbonyl (C=O) groups is 2. The van der Waals surface area contributed by atoms with Crippen molar-refractivity contribution in [1.29, 1.82) is 0 Å². The molecule has 3 aliphatic rings. The molecule has 190 valence electrons. The highest BCUT2D eigenvalue weighted by Crippen LogP contribution is 2.48. The Labute approximate surface area is 220 Å². The minimum Gasteiger partial charge on any atom is -0.354 e. The molecule has 1 aliphatic carbocycles. The molecule has 3 heterocycles. The first kappa shape index (κ1) is 22.9. The summed E-state index contributed by atoms with van der Waals surface area (Å²) < 4.78 is 0. The van der Waals surface area contributed by atoms with E-state index in [-0.39, 0.29) is 23.7 Å². The molecule has 2 atom stereocenters. The average Bonchev–Trinajstić information content (AvgIpc) is 3.49. The number of rotatable bonds is 6. The highest BCUT2D eigenvalue weighted by molar-refractivity contribution is 6.18. The van der Waals surface area contributed by atoms with E-state index in [1.807, 2.05) is 24.3 Å². The van der Waals surface area contributed by atoms with Crippen molar-refractivity contribution in [3.05, 3.63) is 89.0 Å². The van der Waals surface area contributed by atoms with Crippen molar-refractivity contribution in [2.24, 2.45) is 11.0 Å². The SMILES string of the molecule is O=C1NN=Cc2c(-c3cccc(CN4CCCC4)c3)[nH]c3cc(NC(=O)[C@@H]4C[C@H]4c4ccccc4)cc1c23. The molecule has 0 unspecified atom stereocenters. The predicted molar refractivity (Wildman–Crippen MR) is 149 cm³/mol. The van der Waals surface area contributed by atoms with Crippen LogP contribution < -0.4 is 10.7 Å². The largest absolute Gasteiger partial charge is 0.354 e. The second kappa shape index (κ2) is 9.26. The number of hydrogen-bond acceptors (Lipinski definition) is 4. The maximum Gasteiger partial charge on any atom is 0.272 e. The Morgan fingerprint density at radius 1 is 1.03 bits per heavy atom. The van der Waals surface area contributed by atoms with Gasteiger partial charge in [0.1, 0.15) is 0 Å². The Kier molecular flexibility index (Phi) is 5.59. The molecule has 1 saturated heterocycles. The minimum absolute atomic E-state index is 0.0164. The molecule has 4 aromatic rings. The Balaban J connectivity index is 1.21. The van der Waals surface area contributed by atoms with Crippen LogP contribution in [0.1, 0.15) is 52.2 Å². The minimum atomic E-state index is -0.289. The van der Waals surface area contributed by atoms with Gasteiger partial charge in [-0.2, -0.15) is 5.10 Å². The van der Waals surface area contributed by atoms with Crippen molar-refractivity contribution in [3.8, 4) is 11.3 Å². The summed E-state index contributed by atoms with van der Waals surface area (Å²) in [5, 5.41) is 8.07. The van der Waals surface area contributed by atoms with Crippen LogP contribution in [0, 0.1) is 5.92 Å². The number of likely N-dealkylation sites (tertiary alicyclic amines) is 1. The topological polar surface area (TPSA) is 89.6 Å². The van der Waals surface area contributed by atoms with Crippen molar-refractivity contribution < 1.29 is 9.59 Å². The molecule has 1 saturated carbocycles. The van der Waals surface area contributed by atoms with E-state index in [1.54, 1.807) is 12.3 Å². The highest BCUT2D eigenvalue weighted by atomic mass is 16.2. The first-order chi connectivity index (χ1) is 18.6. The van der Waals surface area contributed by atoms with E-state index in [0.29, 0.717) is 11.3 Å². The van der Waals surface area contributed by atoms with E-state index < -0.39 is 0 Å². The van der Waals surface area contributed by atoms with Crippen molar-refractivity contribution in [2.75, 3.05) is 18.4 Å². The van der Waals surface area contributed by atoms with Gasteiger partial charge in [-0.15, -0.1) is 0 Å². The quantitative estimate of drug-likeness (QED) is 0.336. The monoisotopic (exact) mass is 503 g/mol. The molecule has 3 N–H and O–H groups in total. The van der Waals surface area contributed by atoms with E-state index in [2.05, 4.69) is 62.1 Å². The van der Waals surface area contributed by atoms with E-state index in [1.165, 1.54) is 24.0 Å². The maximum absolute atomic E-state index is 13.1. The molecule has 7 heteroatoms. The predicted octanol–water partition coefficient (Wildman–Crippen LogP) is 5.25. The zero-order valence-corrected chi connectivity index (χ0v) is 21.0. The zero-order chi connectivity index (χ0) is 25.6. The van der Waals surface area contributed by atoms with Gasteiger partial charge in [0, 0.05) is 34.6 Å². The van der Waals surface area contributed by atoms with Gasteiger partial charge in [-0.05, 0) is 73.2 Å². The van der Waals surface area contributed by atoms with Gasteiger partial charge in [0.25, 0.3) is 5.91 Å². The number of anilines is 1. The Morgan fingerprint density at radius 2 is 1.87 bits per heavy atom. The fraction of sp³-hybridized carbons (Fsp3) is 0.258. The number of aromatic amines is 1. The van der Waals surface area contributed by atoms with Crippen LogP contribution in [0.5, 0.6) is 0 Å². The molecule has 2 amide bonds. The standard InChI is InChI=1S/C31H29N5O2/c37-30(24-16-23(24)20-8-2-1-3-9-20)33-22-14-25-28-26(17-32-35-31(25)38)29(34-27(28)15-22)21-10-6-7-19(13-21)18-36-11-4-5-12-36/h1-3,6-10,13-15,17,23-24,34H,4-5,11-12,16,18H2,(H,33,37)(H,35,38)/t23-,24+/m0/s1. The third kappa shape index (κ3) is 4.19. The Morgan fingerprint density at radius 3 is 2.71 bits per heavy atom. The molecular formula is C31H29N5O2. The van der Waals surface area contributed by atoms with Gasteiger partial charge in [0.2, 0.25) is 5.91 Å². The lowest BCUT2D eigenvalue weighted by atomic mass is 10.0. The van der Waals surface area contributed by atoms with Crippen molar-refractivity contribution >= 4 is 34.6 Å². The van der Waals surface area contributed by atoms with Crippen LogP contribution in [0.3, 0.4) is 0 Å². The summed E-state index contributed by atoms with van der Waals surface area (Å²) in [5.74, 6) is -0.118. The summed E-state index contributed by atoms with van der Waals surface area (Å²) in [4.78, 5) is 32.1. The lowest BCUT2D eigenvalue weighted by molar-refractivity contribution is -0.117. The number of H-pyrrole nitrogens is 1. The maximum atomic E-state index is 13.1. The van der Waals surface area contributed by atoms with Crippen molar-refractivity contribution in [1.82, 2.24) is 15.3 Å². The van der Waals surface area contributed by atoms with Crippen LogP contribution in [-0.2, 0) is 11.3 Å². The van der Waals surface area contributed by atoms with Gasteiger partial charge in [-0.25, -0.2) is 5.43 Å². The van der Waals surface area contributed by atoms with Gasteiger partial charge in [0.15, 0.2) is 0 Å². The number of aromatic nitrogens is 1. The molecule has 38 heavy (non-hydrogen) atoms. The highest BCUT2D eigenvalue weighted by Gasteiger charge is 2.43. The van der Waals surface area contributed by atoms with Gasteiger partial charge >= 0.3 is 0 Å². The summed E-state index contributed by atoms with van der Waals surface area (Å²) >= 11 is 0. The number of hydrogen-bond donors (Lipinski definition) is 3. The normalized spacial score (nSPS) is 20.4. The van der Waals surface area contributed by atoms with Crippen LogP contribution in [0.2, 0.25) is 0 Å². The van der Waals surface area contributed by atoms with Gasteiger partial charge < -0.3 is 10.3 Å². The molecule has 0 spiro atoms. The van der Waals surface area contributed by atoms with Crippen LogP contribution in [-0.4, -0.2) is 41.0 Å². The summed E-state index contributed by atoms with van der Waals surface area (Å²) in [6.07, 6.45) is 5.07. The number of carbonyl (C=O) groups excluding carboxylic acids is 2. The summed E-state index contributed by atoms with van der Waals surface area (Å²) in [5.41, 5.74) is 9.81. The molecule has 2 aliphatic heterocycles. The molecular weight excluding hydrogens is 474 g/mol. The lowest BCUT2D eigenvalue weighted by Crippen LogP contribution is -2.18. The van der Waals surface area contributed by atoms with Crippen LogP contribution in [0.25, 0.3) is 22.2 Å². The van der Waals surface area contributed by atoms with E-state index in [4.69, 9.17) is 0 Å². The van der Waals surface area contributed by atoms with Crippen molar-refractivity contribution in [2.45, 2.75) is 31.7 Å². The van der Waals surface area contributed by atoms with Gasteiger partial charge in [0.05, 0.1) is 17.5 Å². The third-order valence-electron chi connectivity index (χ3n) is 7.98.